The molecule has 78 valence electrons. The Balaban J connectivity index is 2.07. The summed E-state index contributed by atoms with van der Waals surface area (Å²) in [6.45, 7) is 3.62. The van der Waals surface area contributed by atoms with E-state index in [9.17, 15) is 0 Å². The van der Waals surface area contributed by atoms with Crippen LogP contribution in [-0.2, 0) is 0 Å². The van der Waals surface area contributed by atoms with Crippen LogP contribution >= 0.6 is 0 Å². The average Bonchev–Trinajstić information content (AvgIpc) is 2.16. The molecular weight excluding hydrogens is 164 g/mol. The summed E-state index contributed by atoms with van der Waals surface area (Å²) in [5.41, 5.74) is 0. The van der Waals surface area contributed by atoms with Crippen molar-refractivity contribution >= 4 is 0 Å². The van der Waals surface area contributed by atoms with Crippen molar-refractivity contribution in [2.75, 3.05) is 33.3 Å². The molecule has 1 aliphatic heterocycles. The van der Waals surface area contributed by atoms with Gasteiger partial charge in [0, 0.05) is 25.7 Å². The summed E-state index contributed by atoms with van der Waals surface area (Å²) >= 11 is 0. The van der Waals surface area contributed by atoms with Crippen LogP contribution in [0.15, 0.2) is 0 Å². The fraction of sp³-hybridized carbons (Fsp3) is 1.00. The van der Waals surface area contributed by atoms with Crippen LogP contribution in [0.3, 0.4) is 0 Å². The van der Waals surface area contributed by atoms with E-state index in [-0.39, 0.29) is 0 Å². The molecule has 1 fully saturated rings. The summed E-state index contributed by atoms with van der Waals surface area (Å²) < 4.78 is 0. The summed E-state index contributed by atoms with van der Waals surface area (Å²) in [5, 5.41) is 12.2. The Morgan fingerprint density at radius 2 is 2.31 bits per heavy atom. The molecule has 0 aromatic carbocycles. The molecule has 0 saturated carbocycles. The van der Waals surface area contributed by atoms with Crippen molar-refractivity contribution < 1.29 is 5.11 Å². The Labute approximate surface area is 81.1 Å². The number of likely N-dealkylation sites (N-methyl/N-ethyl adjacent to an activating group) is 1. The Morgan fingerprint density at radius 1 is 1.46 bits per heavy atom. The highest BCUT2D eigenvalue weighted by molar-refractivity contribution is 4.74. The van der Waals surface area contributed by atoms with Crippen LogP contribution < -0.4 is 5.32 Å². The lowest BCUT2D eigenvalue weighted by Gasteiger charge is -2.28. The van der Waals surface area contributed by atoms with Gasteiger partial charge in [-0.05, 0) is 32.9 Å². The normalized spacial score (nSPS) is 23.8. The van der Waals surface area contributed by atoms with Crippen molar-refractivity contribution in [3.63, 3.8) is 0 Å². The Morgan fingerprint density at radius 3 is 2.92 bits per heavy atom. The van der Waals surface area contributed by atoms with Gasteiger partial charge in [-0.15, -0.1) is 0 Å². The van der Waals surface area contributed by atoms with Crippen molar-refractivity contribution in [3.8, 4) is 0 Å². The molecule has 13 heavy (non-hydrogen) atoms. The number of nitrogens with zero attached hydrogens (tertiary/aromatic N) is 1. The minimum atomic E-state index is 0.308. The highest BCUT2D eigenvalue weighted by Crippen LogP contribution is 2.07. The van der Waals surface area contributed by atoms with Crippen LogP contribution in [0.25, 0.3) is 0 Å². The van der Waals surface area contributed by atoms with Crippen LogP contribution in [-0.4, -0.2) is 49.3 Å². The molecule has 0 amide bonds. The Kier molecular flexibility index (Phi) is 5.35. The summed E-state index contributed by atoms with van der Waals surface area (Å²) in [4.78, 5) is 2.30. The van der Waals surface area contributed by atoms with Gasteiger partial charge in [-0.2, -0.15) is 0 Å². The van der Waals surface area contributed by atoms with Crippen LogP contribution in [0.2, 0.25) is 0 Å². The first kappa shape index (κ1) is 11.0. The number of aliphatic hydroxyl groups is 1. The fourth-order valence-corrected chi connectivity index (χ4v) is 1.89. The van der Waals surface area contributed by atoms with Gasteiger partial charge in [0.05, 0.1) is 0 Å². The summed E-state index contributed by atoms with van der Waals surface area (Å²) in [7, 11) is 2.13. The van der Waals surface area contributed by atoms with Gasteiger partial charge in [-0.3, -0.25) is 0 Å². The van der Waals surface area contributed by atoms with Crippen LogP contribution in [0, 0.1) is 0 Å². The molecule has 0 aromatic rings. The van der Waals surface area contributed by atoms with E-state index >= 15 is 0 Å². The highest BCUT2D eigenvalue weighted by Gasteiger charge is 2.13. The zero-order valence-electron chi connectivity index (χ0n) is 8.63. The first-order valence-electron chi connectivity index (χ1n) is 5.35. The topological polar surface area (TPSA) is 35.5 Å². The first-order chi connectivity index (χ1) is 6.33. The minimum absolute atomic E-state index is 0.308. The lowest BCUT2D eigenvalue weighted by Crippen LogP contribution is -2.42. The zero-order valence-corrected chi connectivity index (χ0v) is 8.63. The smallest absolute Gasteiger partial charge is 0.0443 e. The number of hydrogen-bond donors (Lipinski definition) is 2. The molecule has 1 saturated heterocycles. The molecule has 1 unspecified atom stereocenters. The Bertz CT molecular complexity index is 124. The maximum atomic E-state index is 8.68. The predicted molar refractivity (Wildman–Crippen MR) is 54.8 cm³/mol. The molecule has 0 aromatic heterocycles. The van der Waals surface area contributed by atoms with E-state index in [4.69, 9.17) is 5.11 Å². The van der Waals surface area contributed by atoms with E-state index in [0.29, 0.717) is 12.6 Å². The predicted octanol–water partition coefficient (Wildman–Crippen LogP) is 0.443. The van der Waals surface area contributed by atoms with Gasteiger partial charge in [-0.25, -0.2) is 0 Å². The van der Waals surface area contributed by atoms with Gasteiger partial charge in [0.15, 0.2) is 0 Å². The average molecular weight is 186 g/mol. The van der Waals surface area contributed by atoms with Crippen molar-refractivity contribution in [1.29, 1.82) is 0 Å². The number of rotatable bonds is 5. The molecule has 3 nitrogen and oxygen atoms in total. The summed E-state index contributed by atoms with van der Waals surface area (Å²) in [6, 6.07) is 0.678. The zero-order chi connectivity index (χ0) is 9.52. The van der Waals surface area contributed by atoms with E-state index in [1.165, 1.54) is 25.8 Å². The maximum Gasteiger partial charge on any atom is 0.0443 e. The lowest BCUT2D eigenvalue weighted by atomic mass is 10.0. The Hall–Kier alpha value is -0.120. The van der Waals surface area contributed by atoms with Crippen LogP contribution in [0.4, 0.5) is 0 Å². The molecule has 2 N–H and O–H groups in total. The van der Waals surface area contributed by atoms with Gasteiger partial charge in [0.1, 0.15) is 0 Å². The van der Waals surface area contributed by atoms with Crippen molar-refractivity contribution in [1.82, 2.24) is 10.2 Å². The molecule has 0 aliphatic carbocycles. The summed E-state index contributed by atoms with van der Waals surface area (Å²) in [6.07, 6.45) is 4.90. The molecule has 0 bridgehead atoms. The number of piperidine rings is 1. The van der Waals surface area contributed by atoms with Gasteiger partial charge < -0.3 is 15.3 Å². The maximum absolute atomic E-state index is 8.68. The quantitative estimate of drug-likeness (QED) is 0.654. The van der Waals surface area contributed by atoms with Crippen molar-refractivity contribution in [2.24, 2.45) is 0 Å². The molecule has 0 spiro atoms. The third kappa shape index (κ3) is 4.60. The van der Waals surface area contributed by atoms with Crippen LogP contribution in [0.1, 0.15) is 25.7 Å². The molecular formula is C10H22N2O. The van der Waals surface area contributed by atoms with Gasteiger partial charge in [-0.1, -0.05) is 6.42 Å². The van der Waals surface area contributed by atoms with Gasteiger partial charge in [0.25, 0.3) is 0 Å². The molecule has 1 aliphatic rings. The second-order valence-electron chi connectivity index (χ2n) is 3.99. The second kappa shape index (κ2) is 6.35. The van der Waals surface area contributed by atoms with Crippen LogP contribution in [0.5, 0.6) is 0 Å². The van der Waals surface area contributed by atoms with Crippen molar-refractivity contribution in [3.05, 3.63) is 0 Å². The molecule has 1 atom stereocenters. The second-order valence-corrected chi connectivity index (χ2v) is 3.99. The van der Waals surface area contributed by atoms with Gasteiger partial charge >= 0.3 is 0 Å². The largest absolute Gasteiger partial charge is 0.396 e. The van der Waals surface area contributed by atoms with Gasteiger partial charge in [0.2, 0.25) is 0 Å². The molecule has 3 heteroatoms. The SMILES string of the molecule is CN(CCCO)CC1CCCCN1. The number of nitrogens with one attached hydrogen (secondary N) is 1. The number of hydrogen-bond acceptors (Lipinski definition) is 3. The van der Waals surface area contributed by atoms with E-state index in [2.05, 4.69) is 17.3 Å². The number of aliphatic hydroxyl groups excluding tert-OH is 1. The van der Waals surface area contributed by atoms with E-state index in [1.807, 2.05) is 0 Å². The third-order valence-electron chi connectivity index (χ3n) is 2.64. The van der Waals surface area contributed by atoms with Crippen molar-refractivity contribution in [2.45, 2.75) is 31.7 Å². The highest BCUT2D eigenvalue weighted by atomic mass is 16.3. The monoisotopic (exact) mass is 186 g/mol. The standard InChI is InChI=1S/C10H22N2O/c1-12(7-4-8-13)9-10-5-2-3-6-11-10/h10-11,13H,2-9H2,1H3. The van der Waals surface area contributed by atoms with E-state index in [0.717, 1.165) is 19.5 Å². The molecule has 1 heterocycles. The van der Waals surface area contributed by atoms with E-state index in [1.54, 1.807) is 0 Å². The fourth-order valence-electron chi connectivity index (χ4n) is 1.89. The molecule has 1 rings (SSSR count). The molecule has 0 radical (unpaired) electrons. The first-order valence-corrected chi connectivity index (χ1v) is 5.35. The lowest BCUT2D eigenvalue weighted by molar-refractivity contribution is 0.224. The van der Waals surface area contributed by atoms with E-state index < -0.39 is 0 Å². The third-order valence-corrected chi connectivity index (χ3v) is 2.64. The summed E-state index contributed by atoms with van der Waals surface area (Å²) in [5.74, 6) is 0. The minimum Gasteiger partial charge on any atom is -0.396 e.